The Kier molecular flexibility index (Phi) is 3.06. The standard InChI is InChI=1S/C16H16N2O2/c1-10-16(12-6-4-5-7-13(12)17-10)14-8-11(19-2)9-15(18-14)20-3/h4-9,17H,1-3H3. The number of methoxy groups -OCH3 is 2. The summed E-state index contributed by atoms with van der Waals surface area (Å²) in [6.45, 7) is 2.04. The Morgan fingerprint density at radius 3 is 2.60 bits per heavy atom. The fourth-order valence-corrected chi connectivity index (χ4v) is 2.44. The van der Waals surface area contributed by atoms with Crippen molar-refractivity contribution in [1.29, 1.82) is 0 Å². The Morgan fingerprint density at radius 2 is 1.85 bits per heavy atom. The zero-order chi connectivity index (χ0) is 14.1. The summed E-state index contributed by atoms with van der Waals surface area (Å²) < 4.78 is 10.6. The van der Waals surface area contributed by atoms with Crippen molar-refractivity contribution in [2.45, 2.75) is 6.92 Å². The molecule has 0 aliphatic rings. The zero-order valence-electron chi connectivity index (χ0n) is 11.7. The number of rotatable bonds is 3. The number of para-hydroxylation sites is 1. The summed E-state index contributed by atoms with van der Waals surface area (Å²) in [5, 5.41) is 1.15. The first kappa shape index (κ1) is 12.5. The predicted octanol–water partition coefficient (Wildman–Crippen LogP) is 3.56. The molecule has 1 N–H and O–H groups in total. The number of hydrogen-bond donors (Lipinski definition) is 1. The second-order valence-corrected chi connectivity index (χ2v) is 4.61. The Bertz CT molecular complexity index is 740. The first-order chi connectivity index (χ1) is 9.72. The molecule has 0 fully saturated rings. The van der Waals surface area contributed by atoms with E-state index < -0.39 is 0 Å². The zero-order valence-corrected chi connectivity index (χ0v) is 11.7. The SMILES string of the molecule is COc1cc(OC)nc(-c2c(C)[nH]c3ccccc23)c1. The lowest BCUT2D eigenvalue weighted by Gasteiger charge is -2.07. The van der Waals surface area contributed by atoms with Gasteiger partial charge in [-0.2, -0.15) is 0 Å². The monoisotopic (exact) mass is 268 g/mol. The summed E-state index contributed by atoms with van der Waals surface area (Å²) in [5.41, 5.74) is 4.10. The molecule has 0 saturated heterocycles. The Morgan fingerprint density at radius 1 is 1.05 bits per heavy atom. The largest absolute Gasteiger partial charge is 0.496 e. The highest BCUT2D eigenvalue weighted by Crippen LogP contribution is 2.34. The maximum Gasteiger partial charge on any atom is 0.217 e. The van der Waals surface area contributed by atoms with Gasteiger partial charge in [0.25, 0.3) is 0 Å². The molecule has 3 rings (SSSR count). The van der Waals surface area contributed by atoms with Gasteiger partial charge in [0.1, 0.15) is 5.75 Å². The topological polar surface area (TPSA) is 47.1 Å². The van der Waals surface area contributed by atoms with Crippen LogP contribution < -0.4 is 9.47 Å². The molecule has 0 atom stereocenters. The van der Waals surface area contributed by atoms with Crippen molar-refractivity contribution in [3.63, 3.8) is 0 Å². The third-order valence-electron chi connectivity index (χ3n) is 3.37. The van der Waals surface area contributed by atoms with Crippen molar-refractivity contribution >= 4 is 10.9 Å². The summed E-state index contributed by atoms with van der Waals surface area (Å²) in [7, 11) is 3.24. The number of H-pyrrole nitrogens is 1. The van der Waals surface area contributed by atoms with Gasteiger partial charge < -0.3 is 14.5 Å². The van der Waals surface area contributed by atoms with Crippen LogP contribution in [-0.2, 0) is 0 Å². The third-order valence-corrected chi connectivity index (χ3v) is 3.37. The lowest BCUT2D eigenvalue weighted by atomic mass is 10.1. The van der Waals surface area contributed by atoms with E-state index in [1.165, 1.54) is 0 Å². The molecule has 3 aromatic rings. The summed E-state index contributed by atoms with van der Waals surface area (Å²) >= 11 is 0. The van der Waals surface area contributed by atoms with E-state index in [0.29, 0.717) is 5.88 Å². The molecule has 102 valence electrons. The fourth-order valence-electron chi connectivity index (χ4n) is 2.44. The van der Waals surface area contributed by atoms with E-state index in [2.05, 4.69) is 22.1 Å². The highest BCUT2D eigenvalue weighted by Gasteiger charge is 2.13. The summed E-state index contributed by atoms with van der Waals surface area (Å²) in [6, 6.07) is 11.9. The molecule has 2 aromatic heterocycles. The summed E-state index contributed by atoms with van der Waals surface area (Å²) in [4.78, 5) is 7.91. The molecule has 0 spiro atoms. The van der Waals surface area contributed by atoms with Crippen LogP contribution in [0.25, 0.3) is 22.2 Å². The number of nitrogens with zero attached hydrogens (tertiary/aromatic N) is 1. The van der Waals surface area contributed by atoms with Crippen molar-refractivity contribution in [3.05, 3.63) is 42.1 Å². The van der Waals surface area contributed by atoms with Crippen molar-refractivity contribution in [2.24, 2.45) is 0 Å². The van der Waals surface area contributed by atoms with Gasteiger partial charge in [0.2, 0.25) is 5.88 Å². The van der Waals surface area contributed by atoms with Gasteiger partial charge in [-0.05, 0) is 13.0 Å². The smallest absolute Gasteiger partial charge is 0.217 e. The number of fused-ring (bicyclic) bond motifs is 1. The van der Waals surface area contributed by atoms with Crippen LogP contribution in [0, 0.1) is 6.92 Å². The number of ether oxygens (including phenoxy) is 2. The highest BCUT2D eigenvalue weighted by atomic mass is 16.5. The van der Waals surface area contributed by atoms with Gasteiger partial charge in [0, 0.05) is 34.3 Å². The number of aromatic amines is 1. The second-order valence-electron chi connectivity index (χ2n) is 4.61. The van der Waals surface area contributed by atoms with E-state index in [1.54, 1.807) is 20.3 Å². The van der Waals surface area contributed by atoms with E-state index in [9.17, 15) is 0 Å². The number of nitrogens with one attached hydrogen (secondary N) is 1. The first-order valence-corrected chi connectivity index (χ1v) is 6.40. The van der Waals surface area contributed by atoms with Crippen LogP contribution in [0.3, 0.4) is 0 Å². The molecule has 20 heavy (non-hydrogen) atoms. The molecule has 4 heteroatoms. The average molecular weight is 268 g/mol. The minimum absolute atomic E-state index is 0.545. The normalized spacial score (nSPS) is 10.8. The average Bonchev–Trinajstić information content (AvgIpc) is 2.82. The number of pyridine rings is 1. The van der Waals surface area contributed by atoms with Gasteiger partial charge in [0.05, 0.1) is 19.9 Å². The lowest BCUT2D eigenvalue weighted by molar-refractivity contribution is 0.383. The molecule has 4 nitrogen and oxygen atoms in total. The van der Waals surface area contributed by atoms with Gasteiger partial charge in [-0.3, -0.25) is 0 Å². The van der Waals surface area contributed by atoms with E-state index in [0.717, 1.165) is 33.6 Å². The molecular formula is C16H16N2O2. The second kappa shape index (κ2) is 4.89. The molecule has 0 aliphatic carbocycles. The molecule has 1 aromatic carbocycles. The summed E-state index contributed by atoms with van der Waals surface area (Å²) in [5.74, 6) is 1.28. The number of benzene rings is 1. The molecule has 0 bridgehead atoms. The molecule has 0 amide bonds. The Balaban J connectivity index is 2.27. The quantitative estimate of drug-likeness (QED) is 0.790. The maximum atomic E-state index is 5.32. The molecule has 0 saturated carbocycles. The molecule has 2 heterocycles. The molecule has 0 aliphatic heterocycles. The van der Waals surface area contributed by atoms with Crippen LogP contribution in [0.15, 0.2) is 36.4 Å². The van der Waals surface area contributed by atoms with Gasteiger partial charge in [-0.1, -0.05) is 18.2 Å². The van der Waals surface area contributed by atoms with Gasteiger partial charge in [-0.15, -0.1) is 0 Å². The van der Waals surface area contributed by atoms with Crippen molar-refractivity contribution < 1.29 is 9.47 Å². The van der Waals surface area contributed by atoms with Gasteiger partial charge in [-0.25, -0.2) is 4.98 Å². The van der Waals surface area contributed by atoms with Crippen molar-refractivity contribution in [1.82, 2.24) is 9.97 Å². The summed E-state index contributed by atoms with van der Waals surface area (Å²) in [6.07, 6.45) is 0. The molecule has 0 radical (unpaired) electrons. The highest BCUT2D eigenvalue weighted by molar-refractivity contribution is 5.96. The van der Waals surface area contributed by atoms with Gasteiger partial charge in [0.15, 0.2) is 0 Å². The molecular weight excluding hydrogens is 252 g/mol. The van der Waals surface area contributed by atoms with Gasteiger partial charge >= 0.3 is 0 Å². The number of aromatic nitrogens is 2. The molecule has 0 unspecified atom stereocenters. The van der Waals surface area contributed by atoms with Crippen LogP contribution in [0.1, 0.15) is 5.69 Å². The van der Waals surface area contributed by atoms with Crippen molar-refractivity contribution in [3.8, 4) is 22.9 Å². The van der Waals surface area contributed by atoms with Crippen LogP contribution in [0.2, 0.25) is 0 Å². The number of hydrogen-bond acceptors (Lipinski definition) is 3. The third kappa shape index (κ3) is 1.99. The maximum absolute atomic E-state index is 5.32. The van der Waals surface area contributed by atoms with Crippen LogP contribution in [0.5, 0.6) is 11.6 Å². The van der Waals surface area contributed by atoms with E-state index >= 15 is 0 Å². The van der Waals surface area contributed by atoms with Crippen molar-refractivity contribution in [2.75, 3.05) is 14.2 Å². The van der Waals surface area contributed by atoms with Crippen LogP contribution in [-0.4, -0.2) is 24.2 Å². The lowest BCUT2D eigenvalue weighted by Crippen LogP contribution is -1.93. The first-order valence-electron chi connectivity index (χ1n) is 6.40. The minimum atomic E-state index is 0.545. The van der Waals surface area contributed by atoms with E-state index in [-0.39, 0.29) is 0 Å². The van der Waals surface area contributed by atoms with E-state index in [1.807, 2.05) is 25.1 Å². The van der Waals surface area contributed by atoms with Crippen LogP contribution in [0.4, 0.5) is 0 Å². The fraction of sp³-hybridized carbons (Fsp3) is 0.188. The van der Waals surface area contributed by atoms with Crippen LogP contribution >= 0.6 is 0 Å². The minimum Gasteiger partial charge on any atom is -0.496 e. The van der Waals surface area contributed by atoms with E-state index in [4.69, 9.17) is 9.47 Å². The Labute approximate surface area is 117 Å². The number of aryl methyl sites for hydroxylation is 1. The predicted molar refractivity (Wildman–Crippen MR) is 79.4 cm³/mol. The Hall–Kier alpha value is -2.49.